The number of nitrogens with two attached hydrogens (primary N) is 1. The molecule has 0 saturated carbocycles. The molecule has 0 aromatic heterocycles. The normalized spacial score (nSPS) is 10.2. The van der Waals surface area contributed by atoms with Crippen LogP contribution in [0.5, 0.6) is 5.75 Å². The molecule has 0 unspecified atom stereocenters. The number of halogens is 2. The summed E-state index contributed by atoms with van der Waals surface area (Å²) in [4.78, 5) is 0. The van der Waals surface area contributed by atoms with Crippen molar-refractivity contribution in [2.75, 3.05) is 13.7 Å². The van der Waals surface area contributed by atoms with E-state index in [1.54, 1.807) is 13.2 Å². The van der Waals surface area contributed by atoms with Crippen molar-refractivity contribution in [1.29, 1.82) is 0 Å². The van der Waals surface area contributed by atoms with Gasteiger partial charge in [0.25, 0.3) is 0 Å². The first-order chi connectivity index (χ1) is 6.20. The molecule has 72 valence electrons. The second kappa shape index (κ2) is 4.70. The molecule has 0 bridgehead atoms. The Morgan fingerprint density at radius 1 is 1.31 bits per heavy atom. The predicted octanol–water partition coefficient (Wildman–Crippen LogP) is 2.50. The van der Waals surface area contributed by atoms with Gasteiger partial charge < -0.3 is 10.5 Å². The van der Waals surface area contributed by atoms with Crippen LogP contribution in [0.4, 0.5) is 0 Å². The Bertz CT molecular complexity index is 302. The summed E-state index contributed by atoms with van der Waals surface area (Å²) in [6.07, 6.45) is 0.725. The molecule has 1 rings (SSSR count). The van der Waals surface area contributed by atoms with Crippen molar-refractivity contribution >= 4 is 23.2 Å². The number of ether oxygens (including phenoxy) is 1. The minimum absolute atomic E-state index is 0.454. The van der Waals surface area contributed by atoms with Crippen molar-refractivity contribution in [1.82, 2.24) is 0 Å². The number of methoxy groups -OCH3 is 1. The van der Waals surface area contributed by atoms with E-state index in [1.165, 1.54) is 0 Å². The van der Waals surface area contributed by atoms with Crippen LogP contribution in [0.1, 0.15) is 5.56 Å². The molecule has 1 aromatic rings. The standard InChI is InChI=1S/C9H11Cl2NO/c1-13-7-3-2-6(4-5-12)8(10)9(7)11/h2-3H,4-5,12H2,1H3. The third-order valence-electron chi connectivity index (χ3n) is 1.76. The van der Waals surface area contributed by atoms with Crippen molar-refractivity contribution in [2.45, 2.75) is 6.42 Å². The van der Waals surface area contributed by atoms with E-state index in [-0.39, 0.29) is 0 Å². The van der Waals surface area contributed by atoms with Gasteiger partial charge in [0.1, 0.15) is 10.8 Å². The fourth-order valence-electron chi connectivity index (χ4n) is 1.08. The lowest BCUT2D eigenvalue weighted by Crippen LogP contribution is -2.03. The summed E-state index contributed by atoms with van der Waals surface area (Å²) >= 11 is 11.9. The summed E-state index contributed by atoms with van der Waals surface area (Å²) in [6, 6.07) is 3.67. The summed E-state index contributed by atoms with van der Waals surface area (Å²) < 4.78 is 5.01. The van der Waals surface area contributed by atoms with Crippen LogP contribution >= 0.6 is 23.2 Å². The molecule has 0 aliphatic carbocycles. The van der Waals surface area contributed by atoms with Crippen LogP contribution in [-0.2, 0) is 6.42 Å². The lowest BCUT2D eigenvalue weighted by Gasteiger charge is -2.08. The molecule has 0 aliphatic heterocycles. The van der Waals surface area contributed by atoms with Crippen molar-refractivity contribution in [2.24, 2.45) is 5.73 Å². The maximum atomic E-state index is 5.99. The third kappa shape index (κ3) is 2.27. The Balaban J connectivity index is 3.07. The molecule has 4 heteroatoms. The lowest BCUT2D eigenvalue weighted by atomic mass is 10.1. The molecular formula is C9H11Cl2NO. The van der Waals surface area contributed by atoms with E-state index in [0.717, 1.165) is 12.0 Å². The Morgan fingerprint density at radius 3 is 2.54 bits per heavy atom. The van der Waals surface area contributed by atoms with Gasteiger partial charge in [0.15, 0.2) is 0 Å². The molecule has 0 saturated heterocycles. The molecule has 0 aliphatic rings. The second-order valence-electron chi connectivity index (χ2n) is 2.59. The monoisotopic (exact) mass is 219 g/mol. The van der Waals surface area contributed by atoms with Gasteiger partial charge in [-0.1, -0.05) is 29.3 Å². The minimum Gasteiger partial charge on any atom is -0.495 e. The van der Waals surface area contributed by atoms with E-state index < -0.39 is 0 Å². The van der Waals surface area contributed by atoms with Gasteiger partial charge in [-0.3, -0.25) is 0 Å². The van der Waals surface area contributed by atoms with Crippen LogP contribution in [0, 0.1) is 0 Å². The first-order valence-electron chi connectivity index (χ1n) is 3.91. The quantitative estimate of drug-likeness (QED) is 0.849. The molecule has 1 aromatic carbocycles. The number of hydrogen-bond donors (Lipinski definition) is 1. The average Bonchev–Trinajstić information content (AvgIpc) is 2.14. The van der Waals surface area contributed by atoms with Gasteiger partial charge in [0.2, 0.25) is 0 Å². The smallest absolute Gasteiger partial charge is 0.138 e. The van der Waals surface area contributed by atoms with E-state index in [1.807, 2.05) is 6.07 Å². The maximum Gasteiger partial charge on any atom is 0.138 e. The Labute approximate surface area is 87.6 Å². The summed E-state index contributed by atoms with van der Waals surface area (Å²) in [5.41, 5.74) is 6.37. The largest absolute Gasteiger partial charge is 0.495 e. The van der Waals surface area contributed by atoms with Crippen molar-refractivity contribution in [3.63, 3.8) is 0 Å². The molecule has 0 heterocycles. The van der Waals surface area contributed by atoms with Crippen molar-refractivity contribution < 1.29 is 4.74 Å². The van der Waals surface area contributed by atoms with Gasteiger partial charge in [-0.05, 0) is 24.6 Å². The Hall–Kier alpha value is -0.440. The molecular weight excluding hydrogens is 209 g/mol. The average molecular weight is 220 g/mol. The van der Waals surface area contributed by atoms with E-state index >= 15 is 0 Å². The van der Waals surface area contributed by atoms with Gasteiger partial charge in [-0.25, -0.2) is 0 Å². The summed E-state index contributed by atoms with van der Waals surface area (Å²) in [5, 5.41) is 0.988. The zero-order valence-electron chi connectivity index (χ0n) is 7.31. The van der Waals surface area contributed by atoms with Gasteiger partial charge in [0, 0.05) is 0 Å². The Morgan fingerprint density at radius 2 is 2.00 bits per heavy atom. The van der Waals surface area contributed by atoms with Crippen LogP contribution in [0.3, 0.4) is 0 Å². The van der Waals surface area contributed by atoms with E-state index in [4.69, 9.17) is 33.7 Å². The number of hydrogen-bond acceptors (Lipinski definition) is 2. The highest BCUT2D eigenvalue weighted by Gasteiger charge is 2.09. The molecule has 2 N–H and O–H groups in total. The Kier molecular flexibility index (Phi) is 3.85. The van der Waals surface area contributed by atoms with Crippen LogP contribution in [-0.4, -0.2) is 13.7 Å². The van der Waals surface area contributed by atoms with Gasteiger partial charge in [-0.2, -0.15) is 0 Å². The zero-order chi connectivity index (χ0) is 9.84. The summed E-state index contributed by atoms with van der Waals surface area (Å²) in [6.45, 7) is 0.558. The van der Waals surface area contributed by atoms with E-state index in [2.05, 4.69) is 0 Å². The predicted molar refractivity (Wildman–Crippen MR) is 55.8 cm³/mol. The molecule has 0 fully saturated rings. The molecule has 0 radical (unpaired) electrons. The van der Waals surface area contributed by atoms with Crippen LogP contribution in [0.25, 0.3) is 0 Å². The van der Waals surface area contributed by atoms with Crippen LogP contribution in [0.15, 0.2) is 12.1 Å². The fraction of sp³-hybridized carbons (Fsp3) is 0.333. The first kappa shape index (κ1) is 10.6. The topological polar surface area (TPSA) is 35.2 Å². The number of rotatable bonds is 3. The highest BCUT2D eigenvalue weighted by Crippen LogP contribution is 2.34. The molecule has 2 nitrogen and oxygen atoms in total. The third-order valence-corrected chi connectivity index (χ3v) is 2.66. The maximum absolute atomic E-state index is 5.99. The minimum atomic E-state index is 0.454. The van der Waals surface area contributed by atoms with Crippen molar-refractivity contribution in [3.8, 4) is 5.75 Å². The van der Waals surface area contributed by atoms with Crippen molar-refractivity contribution in [3.05, 3.63) is 27.7 Å². The first-order valence-corrected chi connectivity index (χ1v) is 4.67. The zero-order valence-corrected chi connectivity index (χ0v) is 8.82. The highest BCUT2D eigenvalue weighted by atomic mass is 35.5. The summed E-state index contributed by atoms with van der Waals surface area (Å²) in [7, 11) is 1.56. The second-order valence-corrected chi connectivity index (χ2v) is 3.35. The number of benzene rings is 1. The van der Waals surface area contributed by atoms with Gasteiger partial charge in [-0.15, -0.1) is 0 Å². The lowest BCUT2D eigenvalue weighted by molar-refractivity contribution is 0.415. The SMILES string of the molecule is COc1ccc(CCN)c(Cl)c1Cl. The van der Waals surface area contributed by atoms with Gasteiger partial charge in [0.05, 0.1) is 12.1 Å². The highest BCUT2D eigenvalue weighted by molar-refractivity contribution is 6.43. The molecule has 0 atom stereocenters. The van der Waals surface area contributed by atoms with Gasteiger partial charge >= 0.3 is 0 Å². The molecule has 0 amide bonds. The van der Waals surface area contributed by atoms with Crippen LogP contribution < -0.4 is 10.5 Å². The van der Waals surface area contributed by atoms with Crippen LogP contribution in [0.2, 0.25) is 10.0 Å². The van der Waals surface area contributed by atoms with E-state index in [0.29, 0.717) is 22.3 Å². The fourth-order valence-corrected chi connectivity index (χ4v) is 1.59. The summed E-state index contributed by atoms with van der Waals surface area (Å²) in [5.74, 6) is 0.590. The van der Waals surface area contributed by atoms with E-state index in [9.17, 15) is 0 Å². The molecule has 13 heavy (non-hydrogen) atoms. The molecule has 0 spiro atoms.